The van der Waals surface area contributed by atoms with Crippen LogP contribution in [0, 0.1) is 5.92 Å². The van der Waals surface area contributed by atoms with Gasteiger partial charge in [0.1, 0.15) is 0 Å². The Kier molecular flexibility index (Phi) is 3.52. The molecule has 3 heteroatoms. The van der Waals surface area contributed by atoms with E-state index in [4.69, 9.17) is 0 Å². The van der Waals surface area contributed by atoms with Crippen LogP contribution >= 0.6 is 0 Å². The van der Waals surface area contributed by atoms with Gasteiger partial charge < -0.3 is 15.3 Å². The fourth-order valence-electron chi connectivity index (χ4n) is 3.18. The molecule has 2 aliphatic rings. The zero-order chi connectivity index (χ0) is 12.4. The summed E-state index contributed by atoms with van der Waals surface area (Å²) in [5.74, 6) is 0.430. The molecule has 0 bridgehead atoms. The van der Waals surface area contributed by atoms with E-state index in [1.165, 1.54) is 24.1 Å². The van der Waals surface area contributed by atoms with Gasteiger partial charge in [0.05, 0.1) is 6.10 Å². The number of para-hydroxylation sites is 1. The number of aryl methyl sites for hydroxylation is 1. The van der Waals surface area contributed by atoms with E-state index in [1.54, 1.807) is 0 Å². The molecule has 0 aromatic heterocycles. The van der Waals surface area contributed by atoms with Crippen LogP contribution in [-0.2, 0) is 6.42 Å². The number of rotatable bonds is 3. The number of hydrogen-bond donors (Lipinski definition) is 2. The first-order valence-corrected chi connectivity index (χ1v) is 7.06. The van der Waals surface area contributed by atoms with Crippen molar-refractivity contribution < 1.29 is 5.11 Å². The normalized spacial score (nSPS) is 24.9. The number of β-amino-alcohol motifs (C(OH)–C–C–N with tert-alkyl or cyclic N) is 1. The molecule has 1 aromatic carbocycles. The lowest BCUT2D eigenvalue weighted by Crippen LogP contribution is -2.40. The second-order valence-electron chi connectivity index (χ2n) is 5.50. The number of aliphatic hydroxyl groups excluding tert-OH is 1. The predicted octanol–water partition coefficient (Wildman–Crippen LogP) is 1.41. The molecule has 2 unspecified atom stereocenters. The second kappa shape index (κ2) is 5.29. The van der Waals surface area contributed by atoms with Crippen LogP contribution in [0.4, 0.5) is 5.69 Å². The highest BCUT2D eigenvalue weighted by molar-refractivity contribution is 5.55. The van der Waals surface area contributed by atoms with Gasteiger partial charge in [-0.25, -0.2) is 0 Å². The minimum Gasteiger partial charge on any atom is -0.391 e. The molecule has 0 spiro atoms. The fraction of sp³-hybridized carbons (Fsp3) is 0.600. The van der Waals surface area contributed by atoms with Gasteiger partial charge in [-0.15, -0.1) is 0 Å². The maximum Gasteiger partial charge on any atom is 0.0755 e. The summed E-state index contributed by atoms with van der Waals surface area (Å²) in [6, 6.07) is 8.61. The van der Waals surface area contributed by atoms with Crippen molar-refractivity contribution in [2.24, 2.45) is 5.92 Å². The van der Waals surface area contributed by atoms with Crippen molar-refractivity contribution in [3.8, 4) is 0 Å². The molecule has 2 aliphatic heterocycles. The second-order valence-corrected chi connectivity index (χ2v) is 5.50. The number of aliphatic hydroxyl groups is 1. The first kappa shape index (κ1) is 12.0. The van der Waals surface area contributed by atoms with Crippen molar-refractivity contribution in [2.75, 3.05) is 31.1 Å². The Morgan fingerprint density at radius 3 is 3.11 bits per heavy atom. The molecule has 1 fully saturated rings. The summed E-state index contributed by atoms with van der Waals surface area (Å²) in [6.07, 6.45) is 3.28. The highest BCUT2D eigenvalue weighted by atomic mass is 16.3. The van der Waals surface area contributed by atoms with Gasteiger partial charge in [0, 0.05) is 31.2 Å². The van der Waals surface area contributed by atoms with Crippen molar-refractivity contribution in [3.05, 3.63) is 29.8 Å². The molecular formula is C15H22N2O. The SMILES string of the molecule is OC(CN1CCCc2ccccc21)C1CCNC1. The van der Waals surface area contributed by atoms with Crippen LogP contribution in [0.2, 0.25) is 0 Å². The van der Waals surface area contributed by atoms with E-state index in [-0.39, 0.29) is 6.10 Å². The number of hydrogen-bond acceptors (Lipinski definition) is 3. The summed E-state index contributed by atoms with van der Waals surface area (Å²) < 4.78 is 0. The summed E-state index contributed by atoms with van der Waals surface area (Å²) >= 11 is 0. The van der Waals surface area contributed by atoms with Crippen molar-refractivity contribution in [1.82, 2.24) is 5.32 Å². The van der Waals surface area contributed by atoms with E-state index in [9.17, 15) is 5.11 Å². The van der Waals surface area contributed by atoms with E-state index in [0.717, 1.165) is 32.6 Å². The average molecular weight is 246 g/mol. The summed E-state index contributed by atoms with van der Waals surface area (Å²) in [7, 11) is 0. The van der Waals surface area contributed by atoms with Gasteiger partial charge in [-0.3, -0.25) is 0 Å². The van der Waals surface area contributed by atoms with Crippen molar-refractivity contribution >= 4 is 5.69 Å². The van der Waals surface area contributed by atoms with Crippen molar-refractivity contribution in [1.29, 1.82) is 0 Å². The predicted molar refractivity (Wildman–Crippen MR) is 74.0 cm³/mol. The molecule has 0 aliphatic carbocycles. The Morgan fingerprint density at radius 2 is 2.28 bits per heavy atom. The third kappa shape index (κ3) is 2.38. The Balaban J connectivity index is 1.70. The highest BCUT2D eigenvalue weighted by Crippen LogP contribution is 2.27. The van der Waals surface area contributed by atoms with E-state index in [0.29, 0.717) is 5.92 Å². The van der Waals surface area contributed by atoms with Crippen LogP contribution < -0.4 is 10.2 Å². The van der Waals surface area contributed by atoms with Crippen LogP contribution in [0.25, 0.3) is 0 Å². The maximum absolute atomic E-state index is 10.3. The van der Waals surface area contributed by atoms with E-state index < -0.39 is 0 Å². The Morgan fingerprint density at radius 1 is 1.39 bits per heavy atom. The monoisotopic (exact) mass is 246 g/mol. The van der Waals surface area contributed by atoms with Gasteiger partial charge in [-0.1, -0.05) is 18.2 Å². The number of nitrogens with zero attached hydrogens (tertiary/aromatic N) is 1. The molecule has 3 nitrogen and oxygen atoms in total. The third-order valence-corrected chi connectivity index (χ3v) is 4.26. The average Bonchev–Trinajstić information content (AvgIpc) is 2.93. The van der Waals surface area contributed by atoms with E-state index in [2.05, 4.69) is 34.5 Å². The molecule has 0 saturated carbocycles. The number of nitrogens with one attached hydrogen (secondary N) is 1. The zero-order valence-electron chi connectivity index (χ0n) is 10.8. The summed E-state index contributed by atoms with van der Waals surface area (Å²) in [5, 5.41) is 13.7. The minimum atomic E-state index is -0.203. The molecular weight excluding hydrogens is 224 g/mol. The van der Waals surface area contributed by atoms with Crippen LogP contribution in [-0.4, -0.2) is 37.4 Å². The number of fused-ring (bicyclic) bond motifs is 1. The molecule has 98 valence electrons. The molecule has 18 heavy (non-hydrogen) atoms. The van der Waals surface area contributed by atoms with Crippen LogP contribution in [0.15, 0.2) is 24.3 Å². The molecule has 1 aromatic rings. The lowest BCUT2D eigenvalue weighted by Gasteiger charge is -2.34. The van der Waals surface area contributed by atoms with Crippen LogP contribution in [0.1, 0.15) is 18.4 Å². The maximum atomic E-state index is 10.3. The van der Waals surface area contributed by atoms with Gasteiger partial charge in [-0.05, 0) is 37.4 Å². The van der Waals surface area contributed by atoms with Crippen LogP contribution in [0.5, 0.6) is 0 Å². The fourth-order valence-corrected chi connectivity index (χ4v) is 3.18. The molecule has 1 saturated heterocycles. The molecule has 2 heterocycles. The summed E-state index contributed by atoms with van der Waals surface area (Å²) in [4.78, 5) is 2.36. The van der Waals surface area contributed by atoms with Crippen LogP contribution in [0.3, 0.4) is 0 Å². The first-order valence-electron chi connectivity index (χ1n) is 7.06. The van der Waals surface area contributed by atoms with Gasteiger partial charge in [-0.2, -0.15) is 0 Å². The van der Waals surface area contributed by atoms with E-state index >= 15 is 0 Å². The standard InChI is InChI=1S/C15H22N2O/c18-15(13-7-8-16-10-13)11-17-9-3-5-12-4-1-2-6-14(12)17/h1-2,4,6,13,15-16,18H,3,5,7-11H2. The van der Waals surface area contributed by atoms with Crippen molar-refractivity contribution in [2.45, 2.75) is 25.4 Å². The molecule has 2 N–H and O–H groups in total. The third-order valence-electron chi connectivity index (χ3n) is 4.26. The van der Waals surface area contributed by atoms with Gasteiger partial charge in [0.25, 0.3) is 0 Å². The Labute approximate surface area is 109 Å². The number of benzene rings is 1. The topological polar surface area (TPSA) is 35.5 Å². The highest BCUT2D eigenvalue weighted by Gasteiger charge is 2.26. The largest absolute Gasteiger partial charge is 0.391 e. The Bertz CT molecular complexity index is 401. The first-order chi connectivity index (χ1) is 8.84. The van der Waals surface area contributed by atoms with Gasteiger partial charge in [0.2, 0.25) is 0 Å². The molecule has 3 rings (SSSR count). The summed E-state index contributed by atoms with van der Waals surface area (Å²) in [5.41, 5.74) is 2.76. The van der Waals surface area contributed by atoms with Gasteiger partial charge in [0.15, 0.2) is 0 Å². The molecule has 0 amide bonds. The van der Waals surface area contributed by atoms with Gasteiger partial charge >= 0.3 is 0 Å². The smallest absolute Gasteiger partial charge is 0.0755 e. The molecule has 2 atom stereocenters. The lowest BCUT2D eigenvalue weighted by atomic mass is 9.98. The Hall–Kier alpha value is -1.06. The molecule has 0 radical (unpaired) electrons. The van der Waals surface area contributed by atoms with E-state index in [1.807, 2.05) is 0 Å². The minimum absolute atomic E-state index is 0.203. The van der Waals surface area contributed by atoms with Crippen molar-refractivity contribution in [3.63, 3.8) is 0 Å². The summed E-state index contributed by atoms with van der Waals surface area (Å²) in [6.45, 7) is 3.88. The zero-order valence-corrected chi connectivity index (χ0v) is 10.8. The lowest BCUT2D eigenvalue weighted by molar-refractivity contribution is 0.122. The number of anilines is 1. The quantitative estimate of drug-likeness (QED) is 0.846.